The van der Waals surface area contributed by atoms with Crippen LogP contribution in [0, 0.1) is 0 Å². The molecule has 4 atom stereocenters. The molecule has 0 bridgehead atoms. The van der Waals surface area contributed by atoms with E-state index in [1.165, 1.54) is 6.92 Å². The van der Waals surface area contributed by atoms with Gasteiger partial charge in [-0.2, -0.15) is 0 Å². The number of carbonyl (C=O) groups is 7. The van der Waals surface area contributed by atoms with Gasteiger partial charge in [0, 0.05) is 6.42 Å². The Kier molecular flexibility index (Phi) is 23.8. The maximum absolute atomic E-state index is 10.5. The van der Waals surface area contributed by atoms with Gasteiger partial charge in [-0.1, -0.05) is 0 Å². The molecule has 0 aromatic rings. The second kappa shape index (κ2) is 23.4. The molecule has 19 heteroatoms. The molecule has 0 amide bonds. The number of aliphatic carboxylic acids is 4. The van der Waals surface area contributed by atoms with Crippen LogP contribution in [0.4, 0.5) is 0 Å². The van der Waals surface area contributed by atoms with Crippen molar-refractivity contribution in [2.75, 3.05) is 26.2 Å². The average molecular weight is 571 g/mol. The zero-order valence-corrected chi connectivity index (χ0v) is 21.3. The highest BCUT2D eigenvalue weighted by atomic mass is 16.6. The Morgan fingerprint density at radius 1 is 0.872 bits per heavy atom. The summed E-state index contributed by atoms with van der Waals surface area (Å²) in [5, 5.41) is 35.7. The van der Waals surface area contributed by atoms with Gasteiger partial charge in [0.05, 0.1) is 13.1 Å². The molecule has 0 spiro atoms. The Bertz CT molecular complexity index is 803. The molecular weight excluding hydrogens is 532 g/mol. The largest absolute Gasteiger partial charge is 0.481 e. The minimum Gasteiger partial charge on any atom is -0.481 e. The first-order valence-electron chi connectivity index (χ1n) is 11.2. The van der Waals surface area contributed by atoms with Gasteiger partial charge in [0.2, 0.25) is 0 Å². The lowest BCUT2D eigenvalue weighted by Crippen LogP contribution is -2.36. The molecule has 0 aromatic carbocycles. The topological polar surface area (TPSA) is 361 Å². The minimum absolute atomic E-state index is 0.0231. The lowest BCUT2D eigenvalue weighted by molar-refractivity contribution is -0.159. The quantitative estimate of drug-likeness (QED) is 0.0823. The molecule has 0 aromatic heterocycles. The van der Waals surface area contributed by atoms with Crippen molar-refractivity contribution in [1.29, 1.82) is 0 Å². The molecule has 0 unspecified atom stereocenters. The summed E-state index contributed by atoms with van der Waals surface area (Å²) in [6.45, 7) is 1.36. The Balaban J connectivity index is -0.000000445. The highest BCUT2D eigenvalue weighted by Crippen LogP contribution is 2.03. The first kappa shape index (κ1) is 39.8. The molecular formula is C20H38N6O13. The van der Waals surface area contributed by atoms with Crippen molar-refractivity contribution in [2.24, 2.45) is 28.7 Å². The summed E-state index contributed by atoms with van der Waals surface area (Å²) < 4.78 is 8.48. The number of nitrogens with two attached hydrogens (primary N) is 5. The second-order valence-electron chi connectivity index (χ2n) is 7.48. The smallest absolute Gasteiger partial charge is 0.330 e. The second-order valence-corrected chi connectivity index (χ2v) is 7.48. The fraction of sp³-hybridized carbons (Fsp3) is 0.650. The van der Waals surface area contributed by atoms with Crippen molar-refractivity contribution in [2.45, 2.75) is 56.8 Å². The lowest BCUT2D eigenvalue weighted by atomic mass is 10.2. The van der Waals surface area contributed by atoms with E-state index in [-0.39, 0.29) is 38.6 Å². The van der Waals surface area contributed by atoms with Crippen molar-refractivity contribution < 1.29 is 63.5 Å². The Morgan fingerprint density at radius 3 is 1.69 bits per heavy atom. The van der Waals surface area contributed by atoms with Gasteiger partial charge in [-0.05, 0) is 32.7 Å². The van der Waals surface area contributed by atoms with Gasteiger partial charge in [-0.3, -0.25) is 28.8 Å². The molecule has 0 aliphatic carbocycles. The maximum Gasteiger partial charge on any atom is 0.330 e. The van der Waals surface area contributed by atoms with Crippen molar-refractivity contribution in [3.8, 4) is 0 Å². The molecule has 1 aliphatic rings. The number of hydrogen-bond acceptors (Lipinski definition) is 15. The van der Waals surface area contributed by atoms with Crippen LogP contribution in [0.3, 0.4) is 0 Å². The van der Waals surface area contributed by atoms with E-state index >= 15 is 0 Å². The summed E-state index contributed by atoms with van der Waals surface area (Å²) in [4.78, 5) is 71.2. The third-order valence-corrected chi connectivity index (χ3v) is 4.01. The fourth-order valence-corrected chi connectivity index (χ4v) is 1.86. The Morgan fingerprint density at radius 2 is 1.38 bits per heavy atom. The van der Waals surface area contributed by atoms with E-state index in [4.69, 9.17) is 49.1 Å². The van der Waals surface area contributed by atoms with Gasteiger partial charge in [-0.15, -0.1) is 0 Å². The predicted octanol–water partition coefficient (Wildman–Crippen LogP) is -4.65. The molecule has 15 N–H and O–H groups in total. The Labute approximate surface area is 222 Å². The van der Waals surface area contributed by atoms with E-state index in [0.717, 1.165) is 19.4 Å². The molecule has 226 valence electrons. The minimum atomic E-state index is -1.21. The van der Waals surface area contributed by atoms with Gasteiger partial charge < -0.3 is 63.9 Å². The standard InChI is InChI=1S/C5H10N2O4.C5H10N2O3.C5H9NO4.C5H9NO2/c6-1-4(8)11-2-3(7)5(9)10;1-3(7)5(9)10-4(8)2-6;6-3(5(9)10)1-2-4(7)8;7-5(8)4-2-1-3-6-4/h3H,1-2,6-7H2,(H,9,10);3H,2,6-7H2,1H3;3H,1-2,6H2,(H,7,8)(H,9,10);4,6H,1-3H2,(H,7,8)/t3*3-;4-/m0000/s1. The number of nitrogens with one attached hydrogen (secondary N) is 1. The van der Waals surface area contributed by atoms with E-state index in [2.05, 4.69) is 14.8 Å². The molecule has 1 rings (SSSR count). The number of hydrogen-bond donors (Lipinski definition) is 10. The Hall–Kier alpha value is -3.75. The zero-order chi connectivity index (χ0) is 31.1. The SMILES string of the molecule is C[C@H](N)C(=O)OC(=O)CN.NCC(=O)OC[C@H](N)C(=O)O.N[C@@H](CCC(=O)O)C(=O)O.O=C(O)[C@@H]1CCCN1. The summed E-state index contributed by atoms with van der Waals surface area (Å²) in [5.41, 5.74) is 24.8. The van der Waals surface area contributed by atoms with Crippen LogP contribution in [0.5, 0.6) is 0 Å². The summed E-state index contributed by atoms with van der Waals surface area (Å²) in [6, 6.07) is -3.29. The van der Waals surface area contributed by atoms with Gasteiger partial charge in [0.1, 0.15) is 30.8 Å². The van der Waals surface area contributed by atoms with Gasteiger partial charge in [0.25, 0.3) is 0 Å². The van der Waals surface area contributed by atoms with E-state index < -0.39 is 59.9 Å². The molecule has 19 nitrogen and oxygen atoms in total. The first-order valence-corrected chi connectivity index (χ1v) is 11.2. The summed E-state index contributed by atoms with van der Waals surface area (Å²) in [7, 11) is 0. The summed E-state index contributed by atoms with van der Waals surface area (Å²) in [6.07, 6.45) is 1.56. The molecule has 39 heavy (non-hydrogen) atoms. The lowest BCUT2D eigenvalue weighted by Gasteiger charge is -2.05. The van der Waals surface area contributed by atoms with Crippen LogP contribution < -0.4 is 34.0 Å². The van der Waals surface area contributed by atoms with Crippen molar-refractivity contribution in [3.05, 3.63) is 0 Å². The number of carboxylic acid groups (broad SMARTS) is 4. The first-order chi connectivity index (χ1) is 18.0. The fourth-order valence-electron chi connectivity index (χ4n) is 1.86. The number of carbonyl (C=O) groups excluding carboxylic acids is 3. The molecule has 1 heterocycles. The maximum atomic E-state index is 10.5. The van der Waals surface area contributed by atoms with E-state index in [1.807, 2.05) is 0 Å². The summed E-state index contributed by atoms with van der Waals surface area (Å²) >= 11 is 0. The highest BCUT2D eigenvalue weighted by Gasteiger charge is 2.20. The molecule has 1 fully saturated rings. The third-order valence-electron chi connectivity index (χ3n) is 4.01. The molecule has 0 radical (unpaired) electrons. The summed E-state index contributed by atoms with van der Waals surface area (Å²) in [5.74, 6) is -6.31. The average Bonchev–Trinajstić information content (AvgIpc) is 3.42. The van der Waals surface area contributed by atoms with Crippen LogP contribution in [-0.4, -0.2) is 113 Å². The van der Waals surface area contributed by atoms with Crippen molar-refractivity contribution in [3.63, 3.8) is 0 Å². The van der Waals surface area contributed by atoms with Crippen LogP contribution in [0.1, 0.15) is 32.6 Å². The number of rotatable bonds is 11. The monoisotopic (exact) mass is 570 g/mol. The van der Waals surface area contributed by atoms with E-state index in [0.29, 0.717) is 0 Å². The van der Waals surface area contributed by atoms with Crippen molar-refractivity contribution in [1.82, 2.24) is 5.32 Å². The van der Waals surface area contributed by atoms with E-state index in [9.17, 15) is 33.6 Å². The predicted molar refractivity (Wildman–Crippen MR) is 131 cm³/mol. The van der Waals surface area contributed by atoms with Crippen LogP contribution in [0.15, 0.2) is 0 Å². The van der Waals surface area contributed by atoms with Crippen molar-refractivity contribution >= 4 is 41.8 Å². The number of ether oxygens (including phenoxy) is 2. The van der Waals surface area contributed by atoms with Gasteiger partial charge in [0.15, 0.2) is 0 Å². The normalized spacial score (nSPS) is 15.6. The highest BCUT2D eigenvalue weighted by molar-refractivity contribution is 5.88. The van der Waals surface area contributed by atoms with Crippen LogP contribution in [0.2, 0.25) is 0 Å². The van der Waals surface area contributed by atoms with Crippen LogP contribution >= 0.6 is 0 Å². The van der Waals surface area contributed by atoms with Gasteiger partial charge >= 0.3 is 41.8 Å². The van der Waals surface area contributed by atoms with Crippen LogP contribution in [0.25, 0.3) is 0 Å². The number of carboxylic acids is 4. The van der Waals surface area contributed by atoms with Crippen LogP contribution in [-0.2, 0) is 43.0 Å². The molecule has 1 saturated heterocycles. The third kappa shape index (κ3) is 25.7. The molecule has 0 saturated carbocycles. The number of esters is 3. The molecule has 1 aliphatic heterocycles. The zero-order valence-electron chi connectivity index (χ0n) is 21.3. The van der Waals surface area contributed by atoms with Gasteiger partial charge in [-0.25, -0.2) is 4.79 Å². The van der Waals surface area contributed by atoms with E-state index in [1.54, 1.807) is 0 Å².